The largest absolute Gasteiger partial charge is 0.494 e. The van der Waals surface area contributed by atoms with Crippen LogP contribution in [0.15, 0.2) is 71.7 Å². The van der Waals surface area contributed by atoms with E-state index in [0.29, 0.717) is 18.2 Å². The monoisotopic (exact) mass is 585 g/mol. The van der Waals surface area contributed by atoms with Crippen molar-refractivity contribution in [2.24, 2.45) is 23.7 Å². The van der Waals surface area contributed by atoms with Crippen molar-refractivity contribution in [3.8, 4) is 0 Å². The van der Waals surface area contributed by atoms with Gasteiger partial charge in [0.2, 0.25) is 11.8 Å². The van der Waals surface area contributed by atoms with Crippen LogP contribution in [0.1, 0.15) is 85.1 Å². The standard InChI is InChI=1S/C37H51N3O3/c1-25-10-6-11-26(2)33(25)36(43)40-22-8-14-31(35(42)38-30-13-7-12-29(24-30)37(3,4)5)34(40)28-18-16-27(17-19-28)20-23-39-21-9-15-32(39)41/h6-7,10-13,16,18,24-25,27-28,31,34,43H,8-9,14-15,17,19-23H2,1-5H3,(H,38,42)/b36-33-/t25?,27?,28?,31-,34-/m0/s1. The fourth-order valence-electron chi connectivity index (χ4n) is 7.51. The predicted molar refractivity (Wildman–Crippen MR) is 174 cm³/mol. The van der Waals surface area contributed by atoms with E-state index >= 15 is 0 Å². The number of allylic oxidation sites excluding steroid dienone is 6. The van der Waals surface area contributed by atoms with Crippen molar-refractivity contribution >= 4 is 17.5 Å². The fraction of sp³-hybridized carbons (Fsp3) is 0.568. The van der Waals surface area contributed by atoms with Crippen molar-refractivity contribution in [3.05, 3.63) is 77.2 Å². The second-order valence-electron chi connectivity index (χ2n) is 14.2. The summed E-state index contributed by atoms with van der Waals surface area (Å²) in [5.74, 6) is 1.10. The molecule has 2 fully saturated rings. The average Bonchev–Trinajstić information content (AvgIpc) is 3.40. The highest BCUT2D eigenvalue weighted by atomic mass is 16.3. The minimum Gasteiger partial charge on any atom is -0.494 e. The number of nitrogens with zero attached hydrogens (tertiary/aromatic N) is 2. The molecule has 0 bridgehead atoms. The first-order chi connectivity index (χ1) is 20.5. The van der Waals surface area contributed by atoms with Crippen molar-refractivity contribution < 1.29 is 14.7 Å². The van der Waals surface area contributed by atoms with Gasteiger partial charge in [-0.15, -0.1) is 0 Å². The number of piperidine rings is 1. The quantitative estimate of drug-likeness (QED) is 0.256. The van der Waals surface area contributed by atoms with Gasteiger partial charge in [0.1, 0.15) is 0 Å². The maximum Gasteiger partial charge on any atom is 0.229 e. The number of aliphatic hydroxyl groups excluding tert-OH is 1. The number of hydrogen-bond donors (Lipinski definition) is 2. The molecule has 5 rings (SSSR count). The van der Waals surface area contributed by atoms with Gasteiger partial charge in [-0.3, -0.25) is 9.59 Å². The first-order valence-electron chi connectivity index (χ1n) is 16.5. The fourth-order valence-corrected chi connectivity index (χ4v) is 7.51. The van der Waals surface area contributed by atoms with Gasteiger partial charge >= 0.3 is 0 Å². The van der Waals surface area contributed by atoms with E-state index in [1.807, 2.05) is 17.0 Å². The molecule has 2 amide bonds. The molecular formula is C37H51N3O3. The van der Waals surface area contributed by atoms with E-state index < -0.39 is 0 Å². The summed E-state index contributed by atoms with van der Waals surface area (Å²) in [4.78, 5) is 30.4. The van der Waals surface area contributed by atoms with Crippen LogP contribution in [0.4, 0.5) is 5.69 Å². The number of benzene rings is 1. The Morgan fingerprint density at radius 1 is 1.07 bits per heavy atom. The van der Waals surface area contributed by atoms with Crippen molar-refractivity contribution in [1.29, 1.82) is 0 Å². The highest BCUT2D eigenvalue weighted by Gasteiger charge is 2.43. The number of nitrogens with one attached hydrogen (secondary N) is 1. The topological polar surface area (TPSA) is 72.9 Å². The first-order valence-corrected chi connectivity index (χ1v) is 16.5. The molecule has 6 nitrogen and oxygen atoms in total. The van der Waals surface area contributed by atoms with Crippen molar-refractivity contribution in [2.75, 3.05) is 25.0 Å². The Morgan fingerprint density at radius 2 is 1.88 bits per heavy atom. The van der Waals surface area contributed by atoms with E-state index in [2.05, 4.69) is 87.3 Å². The summed E-state index contributed by atoms with van der Waals surface area (Å²) < 4.78 is 0. The number of anilines is 1. The van der Waals surface area contributed by atoms with Crippen LogP contribution in [0.25, 0.3) is 0 Å². The molecule has 43 heavy (non-hydrogen) atoms. The molecule has 5 atom stereocenters. The van der Waals surface area contributed by atoms with E-state index in [4.69, 9.17) is 0 Å². The molecule has 2 aliphatic heterocycles. The molecule has 0 spiro atoms. The molecule has 1 aromatic carbocycles. The van der Waals surface area contributed by atoms with Gasteiger partial charge in [0.05, 0.1) is 5.92 Å². The van der Waals surface area contributed by atoms with Crippen LogP contribution in [0.2, 0.25) is 0 Å². The molecule has 2 N–H and O–H groups in total. The van der Waals surface area contributed by atoms with E-state index in [-0.39, 0.29) is 41.0 Å². The van der Waals surface area contributed by atoms with Gasteiger partial charge < -0.3 is 20.2 Å². The molecule has 3 unspecified atom stereocenters. The Morgan fingerprint density at radius 3 is 2.56 bits per heavy atom. The maximum atomic E-state index is 14.1. The summed E-state index contributed by atoms with van der Waals surface area (Å²) in [6.45, 7) is 13.2. The number of rotatable bonds is 7. The summed E-state index contributed by atoms with van der Waals surface area (Å²) in [6, 6.07) is 8.07. The van der Waals surface area contributed by atoms with Gasteiger partial charge in [-0.05, 0) is 86.0 Å². The normalized spacial score (nSPS) is 29.1. The second-order valence-corrected chi connectivity index (χ2v) is 14.2. The molecule has 0 saturated carbocycles. The Bertz CT molecular complexity index is 1320. The molecular weight excluding hydrogens is 534 g/mol. The van der Waals surface area contributed by atoms with Gasteiger partial charge in [0.15, 0.2) is 5.88 Å². The number of amides is 2. The Hall–Kier alpha value is -3.28. The van der Waals surface area contributed by atoms with Crippen LogP contribution in [0.3, 0.4) is 0 Å². The highest BCUT2D eigenvalue weighted by Crippen LogP contribution is 2.40. The molecule has 1 aromatic rings. The number of carbonyl (C=O) groups excluding carboxylic acids is 2. The summed E-state index contributed by atoms with van der Waals surface area (Å²) in [6.07, 6.45) is 17.2. The lowest BCUT2D eigenvalue weighted by Crippen LogP contribution is -2.53. The van der Waals surface area contributed by atoms with Gasteiger partial charge in [-0.25, -0.2) is 0 Å². The van der Waals surface area contributed by atoms with Crippen molar-refractivity contribution in [2.45, 2.75) is 91.0 Å². The summed E-state index contributed by atoms with van der Waals surface area (Å²) in [5, 5.41) is 15.1. The lowest BCUT2D eigenvalue weighted by molar-refractivity contribution is -0.127. The van der Waals surface area contributed by atoms with Crippen LogP contribution >= 0.6 is 0 Å². The minimum atomic E-state index is -0.248. The lowest BCUT2D eigenvalue weighted by Gasteiger charge is -2.46. The number of aliphatic hydroxyl groups is 1. The Kier molecular flexibility index (Phi) is 9.53. The van der Waals surface area contributed by atoms with Crippen LogP contribution in [-0.4, -0.2) is 52.4 Å². The number of hydrogen-bond acceptors (Lipinski definition) is 4. The Balaban J connectivity index is 1.40. The maximum absolute atomic E-state index is 14.1. The van der Waals surface area contributed by atoms with E-state index in [1.165, 1.54) is 5.56 Å². The average molecular weight is 586 g/mol. The Labute approximate surface area is 258 Å². The molecule has 2 heterocycles. The van der Waals surface area contributed by atoms with E-state index in [1.54, 1.807) is 0 Å². The van der Waals surface area contributed by atoms with E-state index in [0.717, 1.165) is 75.0 Å². The molecule has 4 aliphatic rings. The third-order valence-corrected chi connectivity index (χ3v) is 10.0. The van der Waals surface area contributed by atoms with Crippen molar-refractivity contribution in [1.82, 2.24) is 9.80 Å². The molecule has 0 aromatic heterocycles. The van der Waals surface area contributed by atoms with Crippen LogP contribution in [0, 0.1) is 23.7 Å². The van der Waals surface area contributed by atoms with Crippen LogP contribution < -0.4 is 5.32 Å². The zero-order chi connectivity index (χ0) is 30.7. The molecule has 0 radical (unpaired) electrons. The summed E-state index contributed by atoms with van der Waals surface area (Å²) in [5.41, 5.74) is 4.04. The number of carbonyl (C=O) groups is 2. The predicted octanol–water partition coefficient (Wildman–Crippen LogP) is 7.52. The van der Waals surface area contributed by atoms with Crippen molar-refractivity contribution in [3.63, 3.8) is 0 Å². The van der Waals surface area contributed by atoms with Gasteiger partial charge in [0.25, 0.3) is 0 Å². The second kappa shape index (κ2) is 13.2. The highest BCUT2D eigenvalue weighted by molar-refractivity contribution is 5.93. The zero-order valence-electron chi connectivity index (χ0n) is 26.8. The SMILES string of the molecule is CC1=CC=CC(C)/C1=C(/O)N1CCC[C@H](C(=O)Nc2cccc(C(C)(C)C)c2)[C@@H]1C1C=CC(CCN2CCCC2=O)CC1. The van der Waals surface area contributed by atoms with Gasteiger partial charge in [0, 0.05) is 49.3 Å². The zero-order valence-corrected chi connectivity index (χ0v) is 26.8. The summed E-state index contributed by atoms with van der Waals surface area (Å²) in [7, 11) is 0. The number of likely N-dealkylation sites (tertiary alicyclic amines) is 2. The van der Waals surface area contributed by atoms with Gasteiger partial charge in [-0.1, -0.05) is 70.2 Å². The molecule has 2 aliphatic carbocycles. The third-order valence-electron chi connectivity index (χ3n) is 10.0. The molecule has 6 heteroatoms. The minimum absolute atomic E-state index is 0.00903. The van der Waals surface area contributed by atoms with Gasteiger partial charge in [-0.2, -0.15) is 0 Å². The van der Waals surface area contributed by atoms with E-state index in [9.17, 15) is 14.7 Å². The third kappa shape index (κ3) is 7.11. The lowest BCUT2D eigenvalue weighted by atomic mass is 9.74. The van der Waals surface area contributed by atoms with Crippen LogP contribution in [0.5, 0.6) is 0 Å². The first kappa shape index (κ1) is 31.2. The van der Waals surface area contributed by atoms with Crippen LogP contribution in [-0.2, 0) is 15.0 Å². The smallest absolute Gasteiger partial charge is 0.229 e. The molecule has 2 saturated heterocycles. The molecule has 232 valence electrons. The summed E-state index contributed by atoms with van der Waals surface area (Å²) >= 11 is 0.